The van der Waals surface area contributed by atoms with Gasteiger partial charge in [-0.1, -0.05) is 41.4 Å². The summed E-state index contributed by atoms with van der Waals surface area (Å²) >= 11 is 5.88. The molecule has 162 valence electrons. The second-order valence-electron chi connectivity index (χ2n) is 7.34. The molecule has 0 atom stereocenters. The minimum atomic E-state index is -4.08. The Hall–Kier alpha value is -3.42. The van der Waals surface area contributed by atoms with Crippen LogP contribution in [0.1, 0.15) is 5.56 Å². The number of amides is 1. The van der Waals surface area contributed by atoms with Crippen molar-refractivity contribution in [3.63, 3.8) is 0 Å². The van der Waals surface area contributed by atoms with Gasteiger partial charge in [-0.25, -0.2) is 8.42 Å². The second kappa shape index (κ2) is 8.61. The molecule has 0 bridgehead atoms. The highest BCUT2D eigenvalue weighted by Crippen LogP contribution is 2.22. The van der Waals surface area contributed by atoms with Gasteiger partial charge >= 0.3 is 0 Å². The number of pyridine rings is 1. The summed E-state index contributed by atoms with van der Waals surface area (Å²) in [5.41, 5.74) is 1.24. The lowest BCUT2D eigenvalue weighted by atomic mass is 10.1. The highest BCUT2D eigenvalue weighted by atomic mass is 35.5. The summed E-state index contributed by atoms with van der Waals surface area (Å²) in [5, 5.41) is 3.53. The van der Waals surface area contributed by atoms with Gasteiger partial charge in [0.05, 0.1) is 10.4 Å². The first-order chi connectivity index (χ1) is 15.3. The van der Waals surface area contributed by atoms with Crippen LogP contribution in [0.2, 0.25) is 5.02 Å². The molecule has 0 radical (unpaired) electrons. The smallest absolute Gasteiger partial charge is 0.244 e. The van der Waals surface area contributed by atoms with Crippen LogP contribution in [0, 0.1) is 6.92 Å². The Kier molecular flexibility index (Phi) is 5.86. The van der Waals surface area contributed by atoms with E-state index in [1.807, 2.05) is 6.92 Å². The van der Waals surface area contributed by atoms with Gasteiger partial charge in [0.25, 0.3) is 0 Å². The number of fused-ring (bicyclic) bond motifs is 1. The van der Waals surface area contributed by atoms with E-state index in [0.717, 1.165) is 5.56 Å². The summed E-state index contributed by atoms with van der Waals surface area (Å²) in [4.78, 5) is 25.5. The van der Waals surface area contributed by atoms with Crippen molar-refractivity contribution in [2.45, 2.75) is 23.3 Å². The molecule has 4 rings (SSSR count). The van der Waals surface area contributed by atoms with Gasteiger partial charge < -0.3 is 9.88 Å². The average Bonchev–Trinajstić information content (AvgIpc) is 2.77. The zero-order chi connectivity index (χ0) is 22.9. The van der Waals surface area contributed by atoms with Gasteiger partial charge in [0.1, 0.15) is 11.4 Å². The number of rotatable bonds is 5. The van der Waals surface area contributed by atoms with Crippen LogP contribution >= 0.6 is 11.6 Å². The lowest BCUT2D eigenvalue weighted by Crippen LogP contribution is -2.24. The van der Waals surface area contributed by atoms with Gasteiger partial charge in [0, 0.05) is 22.3 Å². The fourth-order valence-corrected chi connectivity index (χ4v) is 4.94. The van der Waals surface area contributed by atoms with Crippen LogP contribution in [0.5, 0.6) is 0 Å². The fourth-order valence-electron chi connectivity index (χ4n) is 3.42. The molecule has 0 aliphatic rings. The first-order valence-electron chi connectivity index (χ1n) is 9.75. The van der Waals surface area contributed by atoms with Crippen LogP contribution in [0.25, 0.3) is 10.9 Å². The zero-order valence-corrected chi connectivity index (χ0v) is 18.7. The van der Waals surface area contributed by atoms with Crippen molar-refractivity contribution in [1.29, 1.82) is 0 Å². The number of sulfone groups is 1. The molecule has 0 saturated carbocycles. The standard InChI is InChI=1S/C24H19ClN2O4S/c1-16-7-12-21-20(13-16)24(29)22(32(30,31)19-5-3-2-4-6-19)14-27(21)15-23(28)26-18-10-8-17(25)9-11-18/h2-14H,15H2,1H3,(H,26,28). The van der Waals surface area contributed by atoms with Crippen molar-refractivity contribution in [3.8, 4) is 0 Å². The van der Waals surface area contributed by atoms with Gasteiger partial charge in [-0.05, 0) is 55.5 Å². The third-order valence-corrected chi connectivity index (χ3v) is 7.00. The van der Waals surface area contributed by atoms with Crippen molar-refractivity contribution in [3.05, 3.63) is 99.8 Å². The minimum absolute atomic E-state index is 0.0151. The minimum Gasteiger partial charge on any atom is -0.336 e. The van der Waals surface area contributed by atoms with E-state index in [1.165, 1.54) is 22.9 Å². The van der Waals surface area contributed by atoms with Crippen molar-refractivity contribution in [2.24, 2.45) is 0 Å². The first kappa shape index (κ1) is 21.8. The Labute approximate surface area is 190 Å². The summed E-state index contributed by atoms with van der Waals surface area (Å²) in [6.07, 6.45) is 1.24. The molecule has 1 N–H and O–H groups in total. The SMILES string of the molecule is Cc1ccc2c(c1)c(=O)c(S(=O)(=O)c1ccccc1)cn2CC(=O)Nc1ccc(Cl)cc1. The van der Waals surface area contributed by atoms with Crippen LogP contribution < -0.4 is 10.7 Å². The molecule has 6 nitrogen and oxygen atoms in total. The molecule has 0 unspecified atom stereocenters. The quantitative estimate of drug-likeness (QED) is 0.471. The molecule has 8 heteroatoms. The summed E-state index contributed by atoms with van der Waals surface area (Å²) in [6, 6.07) is 19.5. The molecular weight excluding hydrogens is 448 g/mol. The number of carbonyl (C=O) groups excluding carboxylic acids is 1. The maximum Gasteiger partial charge on any atom is 0.244 e. The molecule has 4 aromatic rings. The average molecular weight is 467 g/mol. The number of hydrogen-bond acceptors (Lipinski definition) is 4. The number of anilines is 1. The van der Waals surface area contributed by atoms with Gasteiger partial charge in [-0.3, -0.25) is 9.59 Å². The fraction of sp³-hybridized carbons (Fsp3) is 0.0833. The van der Waals surface area contributed by atoms with Gasteiger partial charge in [-0.2, -0.15) is 0 Å². The number of nitrogens with one attached hydrogen (secondary N) is 1. The Morgan fingerprint density at radius 1 is 1.00 bits per heavy atom. The zero-order valence-electron chi connectivity index (χ0n) is 17.1. The molecule has 0 aliphatic heterocycles. The summed E-state index contributed by atoms with van der Waals surface area (Å²) in [5.74, 6) is -0.374. The van der Waals surface area contributed by atoms with E-state index < -0.39 is 15.3 Å². The Bertz CT molecular complexity index is 1480. The number of aryl methyl sites for hydroxylation is 1. The molecular formula is C24H19ClN2O4S. The maximum absolute atomic E-state index is 13.2. The lowest BCUT2D eigenvalue weighted by Gasteiger charge is -2.14. The van der Waals surface area contributed by atoms with Crippen LogP contribution in [-0.4, -0.2) is 18.9 Å². The number of aromatic nitrogens is 1. The predicted molar refractivity (Wildman–Crippen MR) is 125 cm³/mol. The number of nitrogens with zero attached hydrogens (tertiary/aromatic N) is 1. The van der Waals surface area contributed by atoms with Crippen molar-refractivity contribution >= 4 is 43.9 Å². The number of halogens is 1. The number of carbonyl (C=O) groups is 1. The van der Waals surface area contributed by atoms with E-state index in [4.69, 9.17) is 11.6 Å². The van der Waals surface area contributed by atoms with Crippen molar-refractivity contribution in [1.82, 2.24) is 4.57 Å². The molecule has 1 amide bonds. The van der Waals surface area contributed by atoms with E-state index in [1.54, 1.807) is 60.7 Å². The monoisotopic (exact) mass is 466 g/mol. The van der Waals surface area contributed by atoms with E-state index >= 15 is 0 Å². The van der Waals surface area contributed by atoms with E-state index in [0.29, 0.717) is 16.2 Å². The Morgan fingerprint density at radius 2 is 1.69 bits per heavy atom. The topological polar surface area (TPSA) is 85.2 Å². The van der Waals surface area contributed by atoms with Gasteiger partial charge in [-0.15, -0.1) is 0 Å². The molecule has 0 aliphatic carbocycles. The first-order valence-corrected chi connectivity index (χ1v) is 11.6. The maximum atomic E-state index is 13.2. The van der Waals surface area contributed by atoms with Crippen LogP contribution in [0.3, 0.4) is 0 Å². The van der Waals surface area contributed by atoms with Crippen molar-refractivity contribution < 1.29 is 13.2 Å². The predicted octanol–water partition coefficient (Wildman–Crippen LogP) is 4.43. The second-order valence-corrected chi connectivity index (χ2v) is 9.70. The van der Waals surface area contributed by atoms with Gasteiger partial charge in [0.2, 0.25) is 21.2 Å². The highest BCUT2D eigenvalue weighted by molar-refractivity contribution is 7.91. The lowest BCUT2D eigenvalue weighted by molar-refractivity contribution is -0.116. The van der Waals surface area contributed by atoms with Crippen LogP contribution in [-0.2, 0) is 21.2 Å². The largest absolute Gasteiger partial charge is 0.336 e. The third kappa shape index (κ3) is 4.30. The van der Waals surface area contributed by atoms with E-state index in [9.17, 15) is 18.0 Å². The summed E-state index contributed by atoms with van der Waals surface area (Å²) in [7, 11) is -4.08. The summed E-state index contributed by atoms with van der Waals surface area (Å²) < 4.78 is 27.9. The van der Waals surface area contributed by atoms with Crippen molar-refractivity contribution in [2.75, 3.05) is 5.32 Å². The molecule has 0 spiro atoms. The molecule has 3 aromatic carbocycles. The molecule has 0 saturated heterocycles. The molecule has 32 heavy (non-hydrogen) atoms. The highest BCUT2D eigenvalue weighted by Gasteiger charge is 2.24. The summed E-state index contributed by atoms with van der Waals surface area (Å²) in [6.45, 7) is 1.63. The third-order valence-electron chi connectivity index (χ3n) is 4.99. The number of benzene rings is 3. The normalized spacial score (nSPS) is 11.4. The van der Waals surface area contributed by atoms with E-state index in [2.05, 4.69) is 5.32 Å². The number of hydrogen-bond donors (Lipinski definition) is 1. The molecule has 1 heterocycles. The Balaban J connectivity index is 1.81. The van der Waals surface area contributed by atoms with Gasteiger partial charge in [0.15, 0.2) is 0 Å². The Morgan fingerprint density at radius 3 is 2.38 bits per heavy atom. The molecule has 1 aromatic heterocycles. The van der Waals surface area contributed by atoms with E-state index in [-0.39, 0.29) is 27.6 Å². The van der Waals surface area contributed by atoms with Crippen LogP contribution in [0.4, 0.5) is 5.69 Å². The molecule has 0 fully saturated rings. The van der Waals surface area contributed by atoms with Crippen LogP contribution in [0.15, 0.2) is 93.6 Å².